The molecule has 0 aromatic heterocycles. The lowest BCUT2D eigenvalue weighted by Crippen LogP contribution is -2.42. The van der Waals surface area contributed by atoms with Gasteiger partial charge in [0.2, 0.25) is 0 Å². The molecule has 1 aromatic carbocycles. The number of amides is 2. The third-order valence-electron chi connectivity index (χ3n) is 2.76. The largest absolute Gasteiger partial charge is 0.481 e. The molecule has 3 N–H and O–H groups in total. The van der Waals surface area contributed by atoms with E-state index in [-0.39, 0.29) is 12.3 Å². The number of anilines is 1. The number of halogens is 3. The predicted octanol–water partition coefficient (Wildman–Crippen LogP) is 2.72. The first-order valence-electron chi connectivity index (χ1n) is 6.14. The fourth-order valence-corrected chi connectivity index (χ4v) is 1.62. The fourth-order valence-electron chi connectivity index (χ4n) is 1.62. The molecule has 5 nitrogen and oxygen atoms in total. The normalized spacial score (nSPS) is 12.1. The van der Waals surface area contributed by atoms with Crippen molar-refractivity contribution in [2.75, 3.05) is 5.32 Å². The molecule has 8 heteroatoms. The summed E-state index contributed by atoms with van der Waals surface area (Å²) >= 11 is 0. The SMILES string of the molecule is CC(C)C(CC(=O)O)NC(=O)Nc1cc(F)cc(F)c1F. The second-order valence-corrected chi connectivity index (χ2v) is 4.80. The van der Waals surface area contributed by atoms with E-state index in [9.17, 15) is 22.8 Å². The Morgan fingerprint density at radius 2 is 1.86 bits per heavy atom. The molecule has 1 atom stereocenters. The molecule has 1 unspecified atom stereocenters. The molecule has 1 aromatic rings. The molecule has 0 saturated heterocycles. The summed E-state index contributed by atoms with van der Waals surface area (Å²) in [5.41, 5.74) is -0.664. The van der Waals surface area contributed by atoms with Crippen molar-refractivity contribution in [1.82, 2.24) is 5.32 Å². The Morgan fingerprint density at radius 3 is 2.38 bits per heavy atom. The van der Waals surface area contributed by atoms with Crippen LogP contribution in [0.2, 0.25) is 0 Å². The van der Waals surface area contributed by atoms with Gasteiger partial charge in [-0.2, -0.15) is 0 Å². The van der Waals surface area contributed by atoms with Crippen LogP contribution < -0.4 is 10.6 Å². The van der Waals surface area contributed by atoms with Crippen molar-refractivity contribution >= 4 is 17.7 Å². The minimum atomic E-state index is -1.43. The highest BCUT2D eigenvalue weighted by atomic mass is 19.2. The standard InChI is InChI=1S/C13H15F3N2O3/c1-6(2)9(5-11(19)20)17-13(21)18-10-4-7(14)3-8(15)12(10)16/h3-4,6,9H,5H2,1-2H3,(H,19,20)(H2,17,18,21). The van der Waals surface area contributed by atoms with Gasteiger partial charge in [0.05, 0.1) is 12.1 Å². The average molecular weight is 304 g/mol. The second kappa shape index (κ2) is 6.96. The van der Waals surface area contributed by atoms with Gasteiger partial charge in [0, 0.05) is 18.2 Å². The van der Waals surface area contributed by atoms with Gasteiger partial charge in [-0.3, -0.25) is 4.79 Å². The summed E-state index contributed by atoms with van der Waals surface area (Å²) in [6, 6.07) is -0.679. The summed E-state index contributed by atoms with van der Waals surface area (Å²) < 4.78 is 39.3. The van der Waals surface area contributed by atoms with Crippen molar-refractivity contribution < 1.29 is 27.9 Å². The van der Waals surface area contributed by atoms with E-state index < -0.39 is 41.2 Å². The Kier molecular flexibility index (Phi) is 5.57. The van der Waals surface area contributed by atoms with Crippen molar-refractivity contribution in [3.8, 4) is 0 Å². The van der Waals surface area contributed by atoms with Gasteiger partial charge < -0.3 is 15.7 Å². The molecular formula is C13H15F3N2O3. The highest BCUT2D eigenvalue weighted by Gasteiger charge is 2.20. The molecule has 116 valence electrons. The maximum atomic E-state index is 13.4. The summed E-state index contributed by atoms with van der Waals surface area (Å²) in [7, 11) is 0. The molecule has 0 aliphatic heterocycles. The van der Waals surface area contributed by atoms with E-state index in [0.717, 1.165) is 0 Å². The van der Waals surface area contributed by atoms with E-state index in [2.05, 4.69) is 5.32 Å². The molecule has 1 rings (SSSR count). The number of hydrogen-bond acceptors (Lipinski definition) is 2. The van der Waals surface area contributed by atoms with E-state index in [1.807, 2.05) is 5.32 Å². The summed E-state index contributed by atoms with van der Waals surface area (Å²) in [5.74, 6) is -5.19. The van der Waals surface area contributed by atoms with Gasteiger partial charge in [0.15, 0.2) is 11.6 Å². The van der Waals surface area contributed by atoms with Crippen LogP contribution in [0.4, 0.5) is 23.7 Å². The number of urea groups is 1. The van der Waals surface area contributed by atoms with Gasteiger partial charge in [-0.25, -0.2) is 18.0 Å². The molecule has 0 fully saturated rings. The third-order valence-corrected chi connectivity index (χ3v) is 2.76. The van der Waals surface area contributed by atoms with Crippen LogP contribution in [0.5, 0.6) is 0 Å². The minimum absolute atomic E-state index is 0.194. The summed E-state index contributed by atoms with van der Waals surface area (Å²) in [4.78, 5) is 22.3. The number of carbonyl (C=O) groups is 2. The molecule has 0 saturated carbocycles. The predicted molar refractivity (Wildman–Crippen MR) is 69.3 cm³/mol. The van der Waals surface area contributed by atoms with Crippen LogP contribution in [0, 0.1) is 23.4 Å². The maximum Gasteiger partial charge on any atom is 0.319 e. The number of carboxylic acid groups (broad SMARTS) is 1. The summed E-state index contributed by atoms with van der Waals surface area (Å²) in [6.07, 6.45) is -0.328. The van der Waals surface area contributed by atoms with Gasteiger partial charge >= 0.3 is 12.0 Å². The van der Waals surface area contributed by atoms with Crippen LogP contribution >= 0.6 is 0 Å². The van der Waals surface area contributed by atoms with Crippen LogP contribution in [0.1, 0.15) is 20.3 Å². The average Bonchev–Trinajstić information content (AvgIpc) is 2.33. The molecular weight excluding hydrogens is 289 g/mol. The lowest BCUT2D eigenvalue weighted by atomic mass is 10.0. The van der Waals surface area contributed by atoms with Crippen LogP contribution in [-0.2, 0) is 4.79 Å². The van der Waals surface area contributed by atoms with Crippen molar-refractivity contribution in [2.24, 2.45) is 5.92 Å². The molecule has 0 radical (unpaired) electrons. The zero-order valence-corrected chi connectivity index (χ0v) is 11.4. The first-order chi connectivity index (χ1) is 9.70. The van der Waals surface area contributed by atoms with Crippen molar-refractivity contribution in [3.05, 3.63) is 29.6 Å². The Bertz CT molecular complexity index is 550. The molecule has 0 aliphatic carbocycles. The van der Waals surface area contributed by atoms with E-state index in [1.54, 1.807) is 13.8 Å². The zero-order chi connectivity index (χ0) is 16.2. The van der Waals surface area contributed by atoms with Crippen LogP contribution in [0.15, 0.2) is 12.1 Å². The highest BCUT2D eigenvalue weighted by Crippen LogP contribution is 2.19. The first kappa shape index (κ1) is 16.8. The minimum Gasteiger partial charge on any atom is -0.481 e. The smallest absolute Gasteiger partial charge is 0.319 e. The highest BCUT2D eigenvalue weighted by molar-refractivity contribution is 5.89. The Labute approximate surface area is 119 Å². The maximum absolute atomic E-state index is 13.4. The number of benzene rings is 1. The van der Waals surface area contributed by atoms with Crippen LogP contribution in [-0.4, -0.2) is 23.1 Å². The molecule has 0 spiro atoms. The molecule has 0 heterocycles. The molecule has 2 amide bonds. The number of carbonyl (C=O) groups excluding carboxylic acids is 1. The lowest BCUT2D eigenvalue weighted by molar-refractivity contribution is -0.137. The molecule has 0 aliphatic rings. The van der Waals surface area contributed by atoms with Gasteiger partial charge in [-0.05, 0) is 5.92 Å². The molecule has 21 heavy (non-hydrogen) atoms. The van der Waals surface area contributed by atoms with E-state index in [1.165, 1.54) is 0 Å². The van der Waals surface area contributed by atoms with E-state index in [4.69, 9.17) is 5.11 Å². The van der Waals surface area contributed by atoms with Crippen molar-refractivity contribution in [3.63, 3.8) is 0 Å². The quantitative estimate of drug-likeness (QED) is 0.732. The molecule has 0 bridgehead atoms. The van der Waals surface area contributed by atoms with Crippen molar-refractivity contribution in [2.45, 2.75) is 26.3 Å². The van der Waals surface area contributed by atoms with Gasteiger partial charge in [-0.15, -0.1) is 0 Å². The third kappa shape index (κ3) is 4.97. The number of carboxylic acids is 1. The van der Waals surface area contributed by atoms with E-state index in [0.29, 0.717) is 12.1 Å². The zero-order valence-electron chi connectivity index (χ0n) is 11.4. The van der Waals surface area contributed by atoms with Crippen molar-refractivity contribution in [1.29, 1.82) is 0 Å². The lowest BCUT2D eigenvalue weighted by Gasteiger charge is -2.21. The number of aliphatic carboxylic acids is 1. The Hall–Kier alpha value is -2.25. The Balaban J connectivity index is 2.79. The number of hydrogen-bond donors (Lipinski definition) is 3. The number of rotatable bonds is 5. The van der Waals surface area contributed by atoms with Gasteiger partial charge in [0.25, 0.3) is 0 Å². The monoisotopic (exact) mass is 304 g/mol. The van der Waals surface area contributed by atoms with Crippen LogP contribution in [0.25, 0.3) is 0 Å². The first-order valence-corrected chi connectivity index (χ1v) is 6.14. The summed E-state index contributed by atoms with van der Waals surface area (Å²) in [5, 5.41) is 13.0. The van der Waals surface area contributed by atoms with Gasteiger partial charge in [0.1, 0.15) is 5.82 Å². The van der Waals surface area contributed by atoms with Crippen LogP contribution in [0.3, 0.4) is 0 Å². The summed E-state index contributed by atoms with van der Waals surface area (Å²) in [6.45, 7) is 3.38. The van der Waals surface area contributed by atoms with E-state index >= 15 is 0 Å². The topological polar surface area (TPSA) is 78.4 Å². The fraction of sp³-hybridized carbons (Fsp3) is 0.385. The number of nitrogens with one attached hydrogen (secondary N) is 2. The van der Waals surface area contributed by atoms with Gasteiger partial charge in [-0.1, -0.05) is 13.8 Å². The second-order valence-electron chi connectivity index (χ2n) is 4.80. The Morgan fingerprint density at radius 1 is 1.24 bits per heavy atom.